The van der Waals surface area contributed by atoms with Gasteiger partial charge in [-0.3, -0.25) is 4.79 Å². The van der Waals surface area contributed by atoms with Gasteiger partial charge in [0, 0.05) is 25.2 Å². The number of hydrogen-bond acceptors (Lipinski definition) is 4. The Morgan fingerprint density at radius 1 is 1.08 bits per heavy atom. The van der Waals surface area contributed by atoms with Crippen LogP contribution in [0.3, 0.4) is 0 Å². The molecule has 0 heterocycles. The SMILES string of the molecule is Cc1cc(C)c(/C=N\NC(=O)c2cccc(S(=O)(=O)N(C)C)c2)c(C)c1. The monoisotopic (exact) mass is 373 g/mol. The number of nitrogens with one attached hydrogen (secondary N) is 1. The van der Waals surface area contributed by atoms with Crippen LogP contribution in [0, 0.1) is 20.8 Å². The molecule has 0 bridgehead atoms. The minimum absolute atomic E-state index is 0.0596. The molecule has 2 rings (SSSR count). The number of aryl methyl sites for hydroxylation is 3. The summed E-state index contributed by atoms with van der Waals surface area (Å²) in [5.74, 6) is -0.473. The van der Waals surface area contributed by atoms with Gasteiger partial charge in [-0.1, -0.05) is 23.8 Å². The normalized spacial score (nSPS) is 11.9. The van der Waals surface area contributed by atoms with Gasteiger partial charge in [0.25, 0.3) is 5.91 Å². The van der Waals surface area contributed by atoms with Gasteiger partial charge < -0.3 is 0 Å². The molecule has 0 unspecified atom stereocenters. The first-order valence-corrected chi connectivity index (χ1v) is 9.51. The third kappa shape index (κ3) is 4.36. The van der Waals surface area contributed by atoms with Gasteiger partial charge in [0.15, 0.2) is 0 Å². The number of rotatable bonds is 5. The third-order valence-corrected chi connectivity index (χ3v) is 5.78. The molecule has 7 heteroatoms. The second kappa shape index (κ2) is 7.80. The average Bonchev–Trinajstić information content (AvgIpc) is 2.57. The Hall–Kier alpha value is -2.51. The lowest BCUT2D eigenvalue weighted by atomic mass is 10.0. The molecule has 138 valence electrons. The van der Waals surface area contributed by atoms with E-state index in [0.29, 0.717) is 0 Å². The lowest BCUT2D eigenvalue weighted by Crippen LogP contribution is -2.23. The zero-order valence-electron chi connectivity index (χ0n) is 15.6. The van der Waals surface area contributed by atoms with Gasteiger partial charge in [0.1, 0.15) is 0 Å². The lowest BCUT2D eigenvalue weighted by Gasteiger charge is -2.11. The van der Waals surface area contributed by atoms with E-state index in [2.05, 4.69) is 10.5 Å². The molecule has 2 aromatic carbocycles. The second-order valence-electron chi connectivity index (χ2n) is 6.33. The molecule has 0 spiro atoms. The molecule has 0 fully saturated rings. The van der Waals surface area contributed by atoms with Crippen LogP contribution in [0.1, 0.15) is 32.6 Å². The molecule has 6 nitrogen and oxygen atoms in total. The fraction of sp³-hybridized carbons (Fsp3) is 0.263. The van der Waals surface area contributed by atoms with Crippen molar-refractivity contribution in [1.29, 1.82) is 0 Å². The smallest absolute Gasteiger partial charge is 0.267 e. The van der Waals surface area contributed by atoms with E-state index in [-0.39, 0.29) is 10.5 Å². The van der Waals surface area contributed by atoms with E-state index < -0.39 is 15.9 Å². The molecule has 0 aliphatic heterocycles. The van der Waals surface area contributed by atoms with Crippen LogP contribution in [0.2, 0.25) is 0 Å². The quantitative estimate of drug-likeness (QED) is 0.646. The number of amides is 1. The van der Waals surface area contributed by atoms with Gasteiger partial charge in [-0.05, 0) is 50.1 Å². The van der Waals surface area contributed by atoms with Crippen molar-refractivity contribution >= 4 is 22.1 Å². The maximum Gasteiger partial charge on any atom is 0.271 e. The van der Waals surface area contributed by atoms with Crippen molar-refractivity contribution in [2.24, 2.45) is 5.10 Å². The van der Waals surface area contributed by atoms with Gasteiger partial charge in [-0.25, -0.2) is 18.1 Å². The van der Waals surface area contributed by atoms with Gasteiger partial charge >= 0.3 is 0 Å². The molecule has 26 heavy (non-hydrogen) atoms. The molecule has 0 aromatic heterocycles. The molecule has 0 radical (unpaired) electrons. The van der Waals surface area contributed by atoms with E-state index in [1.54, 1.807) is 12.3 Å². The van der Waals surface area contributed by atoms with E-state index in [9.17, 15) is 13.2 Å². The highest BCUT2D eigenvalue weighted by molar-refractivity contribution is 7.89. The van der Waals surface area contributed by atoms with Crippen molar-refractivity contribution in [3.8, 4) is 0 Å². The first-order chi connectivity index (χ1) is 12.1. The largest absolute Gasteiger partial charge is 0.271 e. The van der Waals surface area contributed by atoms with Crippen LogP contribution in [0.25, 0.3) is 0 Å². The number of hydrazone groups is 1. The zero-order valence-corrected chi connectivity index (χ0v) is 16.4. The van der Waals surface area contributed by atoms with Gasteiger partial charge in [-0.2, -0.15) is 5.10 Å². The average molecular weight is 373 g/mol. The Morgan fingerprint density at radius 3 is 2.27 bits per heavy atom. The molecule has 0 aliphatic rings. The van der Waals surface area contributed by atoms with Crippen LogP contribution in [-0.2, 0) is 10.0 Å². The summed E-state index contributed by atoms with van der Waals surface area (Å²) in [6.07, 6.45) is 1.60. The Balaban J connectivity index is 2.19. The minimum Gasteiger partial charge on any atom is -0.267 e. The summed E-state index contributed by atoms with van der Waals surface area (Å²) in [5, 5.41) is 4.01. The molecule has 2 aromatic rings. The maximum absolute atomic E-state index is 12.3. The molecule has 1 amide bonds. The number of carbonyl (C=O) groups excluding carboxylic acids is 1. The molecule has 0 aliphatic carbocycles. The summed E-state index contributed by atoms with van der Waals surface area (Å²) in [4.78, 5) is 12.3. The van der Waals surface area contributed by atoms with E-state index in [4.69, 9.17) is 0 Å². The van der Waals surface area contributed by atoms with Crippen LogP contribution >= 0.6 is 0 Å². The second-order valence-corrected chi connectivity index (χ2v) is 8.48. The summed E-state index contributed by atoms with van der Waals surface area (Å²) < 4.78 is 25.4. The predicted molar refractivity (Wildman–Crippen MR) is 103 cm³/mol. The van der Waals surface area contributed by atoms with Gasteiger partial charge in [-0.15, -0.1) is 0 Å². The summed E-state index contributed by atoms with van der Waals surface area (Å²) >= 11 is 0. The Labute approximate surface area is 154 Å². The molecule has 0 saturated carbocycles. The van der Waals surface area contributed by atoms with Crippen molar-refractivity contribution in [2.45, 2.75) is 25.7 Å². The van der Waals surface area contributed by atoms with Crippen molar-refractivity contribution < 1.29 is 13.2 Å². The van der Waals surface area contributed by atoms with E-state index in [0.717, 1.165) is 21.0 Å². The van der Waals surface area contributed by atoms with Crippen LogP contribution in [-0.4, -0.2) is 38.9 Å². The highest BCUT2D eigenvalue weighted by atomic mass is 32.2. The summed E-state index contributed by atoms with van der Waals surface area (Å²) in [6.45, 7) is 6.00. The topological polar surface area (TPSA) is 78.8 Å². The van der Waals surface area contributed by atoms with E-state index in [1.165, 1.54) is 37.9 Å². The summed E-state index contributed by atoms with van der Waals surface area (Å²) in [5.41, 5.74) is 6.92. The van der Waals surface area contributed by atoms with Gasteiger partial charge in [0.2, 0.25) is 10.0 Å². The van der Waals surface area contributed by atoms with Crippen LogP contribution in [0.5, 0.6) is 0 Å². The Bertz CT molecular complexity index is 941. The van der Waals surface area contributed by atoms with Crippen LogP contribution in [0.4, 0.5) is 0 Å². The lowest BCUT2D eigenvalue weighted by molar-refractivity contribution is 0.0955. The first-order valence-electron chi connectivity index (χ1n) is 8.07. The molecular formula is C19H23N3O3S. The number of nitrogens with zero attached hydrogens (tertiary/aromatic N) is 2. The fourth-order valence-electron chi connectivity index (χ4n) is 2.62. The maximum atomic E-state index is 12.3. The highest BCUT2D eigenvalue weighted by Crippen LogP contribution is 2.16. The van der Waals surface area contributed by atoms with Crippen molar-refractivity contribution in [2.75, 3.05) is 14.1 Å². The van der Waals surface area contributed by atoms with E-state index in [1.807, 2.05) is 32.9 Å². The van der Waals surface area contributed by atoms with Gasteiger partial charge in [0.05, 0.1) is 11.1 Å². The third-order valence-electron chi connectivity index (χ3n) is 3.97. The van der Waals surface area contributed by atoms with Crippen molar-refractivity contribution in [3.05, 3.63) is 64.2 Å². The Morgan fingerprint density at radius 2 is 1.69 bits per heavy atom. The molecule has 0 atom stereocenters. The number of sulfonamides is 1. The van der Waals surface area contributed by atoms with E-state index >= 15 is 0 Å². The molecular weight excluding hydrogens is 350 g/mol. The number of benzene rings is 2. The standard InChI is InChI=1S/C19H23N3O3S/c1-13-9-14(2)18(15(3)10-13)12-20-21-19(23)16-7-6-8-17(11-16)26(24,25)22(4)5/h6-12H,1-5H3,(H,21,23)/b20-12-. The first kappa shape index (κ1) is 19.8. The fourth-order valence-corrected chi connectivity index (χ4v) is 3.57. The summed E-state index contributed by atoms with van der Waals surface area (Å²) in [6, 6.07) is 9.96. The molecule has 1 N–H and O–H groups in total. The van der Waals surface area contributed by atoms with Crippen LogP contribution in [0.15, 0.2) is 46.4 Å². The van der Waals surface area contributed by atoms with Crippen molar-refractivity contribution in [1.82, 2.24) is 9.73 Å². The Kier molecular flexibility index (Phi) is 5.94. The number of carbonyl (C=O) groups is 1. The minimum atomic E-state index is -3.60. The predicted octanol–water partition coefficient (Wildman–Crippen LogP) is 2.63. The van der Waals surface area contributed by atoms with Crippen LogP contribution < -0.4 is 5.43 Å². The zero-order chi connectivity index (χ0) is 19.5. The molecule has 0 saturated heterocycles. The highest BCUT2D eigenvalue weighted by Gasteiger charge is 2.18. The van der Waals surface area contributed by atoms with Crippen molar-refractivity contribution in [3.63, 3.8) is 0 Å². The summed E-state index contributed by atoms with van der Waals surface area (Å²) in [7, 11) is -0.711. The number of hydrogen-bond donors (Lipinski definition) is 1.